The molecule has 0 saturated carbocycles. The number of aromatic amines is 1. The standard InChI is InChI=1S/C10H14N5O14P3.Na/c11-10-13-8-7(9(18)14-10)12-4-15(8)6(2-17)27-5(1-16)3-26-31(22,23)29-32(24,25)28-30(19,20)21;/h1-2,4-6H,3H2,(H,22,23)(H,24,25)(H2,19,20,21)(H3,11,13,14,18);/q;+1/p-1/t5-,6-;/m1./s1. The first-order valence-corrected chi connectivity index (χ1v) is 12.2. The third kappa shape index (κ3) is 8.86. The summed E-state index contributed by atoms with van der Waals surface area (Å²) < 4.78 is 50.3. The van der Waals surface area contributed by atoms with Gasteiger partial charge in [0.15, 0.2) is 30.0 Å². The number of carbonyl (C=O) groups is 2. The van der Waals surface area contributed by atoms with Gasteiger partial charge in [-0.1, -0.05) is 0 Å². The van der Waals surface area contributed by atoms with E-state index in [1.54, 1.807) is 0 Å². The van der Waals surface area contributed by atoms with Gasteiger partial charge in [0.05, 0.1) is 12.9 Å². The molecule has 6 N–H and O–H groups in total. The minimum absolute atomic E-state index is 0. The maximum absolute atomic E-state index is 11.8. The van der Waals surface area contributed by atoms with E-state index < -0.39 is 48.0 Å². The summed E-state index contributed by atoms with van der Waals surface area (Å²) in [7, 11) is -17.2. The number of ether oxygens (including phenoxy) is 1. The minimum atomic E-state index is -5.83. The second-order valence-electron chi connectivity index (χ2n) is 5.48. The van der Waals surface area contributed by atoms with Crippen LogP contribution in [0.15, 0.2) is 11.1 Å². The average Bonchev–Trinajstić information content (AvgIpc) is 3.03. The van der Waals surface area contributed by atoms with Crippen LogP contribution in [-0.4, -0.2) is 59.5 Å². The number of nitrogens with one attached hydrogen (secondary N) is 1. The van der Waals surface area contributed by atoms with Crippen LogP contribution in [0.1, 0.15) is 6.23 Å². The zero-order valence-corrected chi connectivity index (χ0v) is 20.9. The predicted octanol–water partition coefficient (Wildman–Crippen LogP) is -5.30. The van der Waals surface area contributed by atoms with Crippen LogP contribution in [0.5, 0.6) is 0 Å². The number of aromatic nitrogens is 4. The molecule has 4 atom stereocenters. The molecule has 0 aromatic carbocycles. The molecule has 178 valence electrons. The molecule has 0 fully saturated rings. The Morgan fingerprint density at radius 2 is 1.85 bits per heavy atom. The Bertz CT molecular complexity index is 1210. The Balaban J connectivity index is 0.00000544. The zero-order chi connectivity index (χ0) is 24.3. The van der Waals surface area contributed by atoms with E-state index in [0.29, 0.717) is 0 Å². The van der Waals surface area contributed by atoms with Crippen molar-refractivity contribution in [1.82, 2.24) is 19.5 Å². The average molecular weight is 543 g/mol. The monoisotopic (exact) mass is 543 g/mol. The Kier molecular flexibility index (Phi) is 10.4. The van der Waals surface area contributed by atoms with E-state index in [1.165, 1.54) is 0 Å². The van der Waals surface area contributed by atoms with Gasteiger partial charge >= 0.3 is 45.2 Å². The van der Waals surface area contributed by atoms with Crippen LogP contribution >= 0.6 is 23.5 Å². The molecule has 0 saturated heterocycles. The third-order valence-electron chi connectivity index (χ3n) is 3.12. The van der Waals surface area contributed by atoms with Gasteiger partial charge in [-0.3, -0.25) is 23.7 Å². The van der Waals surface area contributed by atoms with Crippen LogP contribution in [-0.2, 0) is 41.2 Å². The fourth-order valence-corrected chi connectivity index (χ4v) is 5.04. The van der Waals surface area contributed by atoms with Crippen molar-refractivity contribution in [1.29, 1.82) is 0 Å². The number of aldehydes is 2. The van der Waals surface area contributed by atoms with Gasteiger partial charge in [0, 0.05) is 0 Å². The quantitative estimate of drug-likeness (QED) is 0.0948. The molecule has 2 rings (SSSR count). The third-order valence-corrected chi connectivity index (χ3v) is 6.88. The Morgan fingerprint density at radius 1 is 1.21 bits per heavy atom. The fourth-order valence-electron chi connectivity index (χ4n) is 2.05. The van der Waals surface area contributed by atoms with Crippen molar-refractivity contribution in [3.63, 3.8) is 0 Å². The SMILES string of the molecule is Nc1nc2c(ncn2[C@@H](C=O)O[C@H](C=O)COP(=O)([O-])OP(=O)(O)OP(=O)(O)O)c(=O)[nH]1.[Na+]. The van der Waals surface area contributed by atoms with Crippen molar-refractivity contribution in [2.24, 2.45) is 0 Å². The van der Waals surface area contributed by atoms with Crippen molar-refractivity contribution in [3.8, 4) is 0 Å². The van der Waals surface area contributed by atoms with Crippen LogP contribution in [0.4, 0.5) is 5.95 Å². The molecule has 0 aliphatic rings. The van der Waals surface area contributed by atoms with Crippen LogP contribution in [0.2, 0.25) is 0 Å². The normalized spacial score (nSPS) is 17.3. The second-order valence-corrected chi connectivity index (χ2v) is 9.86. The van der Waals surface area contributed by atoms with E-state index in [2.05, 4.69) is 28.1 Å². The summed E-state index contributed by atoms with van der Waals surface area (Å²) in [5.41, 5.74) is 4.20. The molecule has 2 heterocycles. The van der Waals surface area contributed by atoms with Gasteiger partial charge < -0.3 is 39.4 Å². The first-order chi connectivity index (χ1) is 14.7. The number of nitrogens with zero attached hydrogens (tertiary/aromatic N) is 3. The smallest absolute Gasteiger partial charge is 0.756 e. The number of hydrogen-bond acceptors (Lipinski definition) is 14. The Hall–Kier alpha value is -1.14. The number of hydrogen-bond donors (Lipinski definition) is 5. The van der Waals surface area contributed by atoms with Crippen molar-refractivity contribution in [2.75, 3.05) is 12.3 Å². The van der Waals surface area contributed by atoms with E-state index in [1.807, 2.05) is 0 Å². The number of anilines is 1. The van der Waals surface area contributed by atoms with Gasteiger partial charge in [0.1, 0.15) is 6.10 Å². The molecule has 2 aromatic rings. The molecule has 2 aromatic heterocycles. The first-order valence-electron chi connectivity index (χ1n) is 7.71. The number of H-pyrrole nitrogens is 1. The molecule has 0 radical (unpaired) electrons. The van der Waals surface area contributed by atoms with Crippen LogP contribution in [0, 0.1) is 0 Å². The van der Waals surface area contributed by atoms with Crippen molar-refractivity contribution >= 4 is 53.2 Å². The summed E-state index contributed by atoms with van der Waals surface area (Å²) in [6.45, 7) is -1.21. The number of rotatable bonds is 12. The van der Waals surface area contributed by atoms with Crippen molar-refractivity contribution in [3.05, 3.63) is 16.7 Å². The molecule has 0 bridgehead atoms. The first kappa shape index (κ1) is 29.9. The van der Waals surface area contributed by atoms with Crippen molar-refractivity contribution < 1.29 is 90.3 Å². The van der Waals surface area contributed by atoms with Crippen molar-refractivity contribution in [2.45, 2.75) is 12.3 Å². The van der Waals surface area contributed by atoms with Gasteiger partial charge in [0.2, 0.25) is 5.95 Å². The summed E-state index contributed by atoms with van der Waals surface area (Å²) >= 11 is 0. The summed E-state index contributed by atoms with van der Waals surface area (Å²) in [4.78, 5) is 81.5. The molecule has 0 amide bonds. The summed E-state index contributed by atoms with van der Waals surface area (Å²) in [5, 5.41) is 0. The van der Waals surface area contributed by atoms with Crippen LogP contribution in [0.3, 0.4) is 0 Å². The van der Waals surface area contributed by atoms with Crippen LogP contribution in [0.25, 0.3) is 11.2 Å². The topological polar surface area (TPSA) is 296 Å². The van der Waals surface area contributed by atoms with E-state index in [9.17, 15) is 33.0 Å². The molecule has 0 aliphatic carbocycles. The molecular formula is C10H13N5NaO14P3. The molecule has 0 aliphatic heterocycles. The summed E-state index contributed by atoms with van der Waals surface area (Å²) in [6, 6.07) is 0. The number of phosphoric acid groups is 3. The van der Waals surface area contributed by atoms with Gasteiger partial charge in [-0.05, 0) is 0 Å². The zero-order valence-electron chi connectivity index (χ0n) is 16.2. The molecule has 0 spiro atoms. The number of fused-ring (bicyclic) bond motifs is 1. The maximum atomic E-state index is 11.8. The fraction of sp³-hybridized carbons (Fsp3) is 0.300. The number of nitrogens with two attached hydrogens (primary N) is 1. The second kappa shape index (κ2) is 11.5. The summed E-state index contributed by atoms with van der Waals surface area (Å²) in [6.07, 6.45) is -2.47. The van der Waals surface area contributed by atoms with Gasteiger partial charge in [-0.15, -0.1) is 0 Å². The van der Waals surface area contributed by atoms with E-state index in [-0.39, 0.29) is 59.2 Å². The van der Waals surface area contributed by atoms with Gasteiger partial charge in [-0.25, -0.2) is 18.4 Å². The number of carbonyl (C=O) groups excluding carboxylic acids is 2. The maximum Gasteiger partial charge on any atom is 1.00 e. The molecule has 2 unspecified atom stereocenters. The predicted molar refractivity (Wildman–Crippen MR) is 96.2 cm³/mol. The number of phosphoric ester groups is 1. The van der Waals surface area contributed by atoms with Crippen LogP contribution < -0.4 is 45.7 Å². The van der Waals surface area contributed by atoms with Gasteiger partial charge in [0.25, 0.3) is 13.4 Å². The Labute approximate surface area is 204 Å². The van der Waals surface area contributed by atoms with E-state index in [4.69, 9.17) is 25.2 Å². The number of imidazole rings is 1. The summed E-state index contributed by atoms with van der Waals surface area (Å²) in [5.74, 6) is -0.334. The molecule has 19 nitrogen and oxygen atoms in total. The molecule has 23 heteroatoms. The minimum Gasteiger partial charge on any atom is -0.756 e. The van der Waals surface area contributed by atoms with E-state index in [0.717, 1.165) is 10.9 Å². The molecular weight excluding hydrogens is 530 g/mol. The van der Waals surface area contributed by atoms with Gasteiger partial charge in [-0.2, -0.15) is 9.29 Å². The largest absolute Gasteiger partial charge is 1.00 e. The number of nitrogen functional groups attached to an aromatic ring is 1. The Morgan fingerprint density at radius 3 is 2.39 bits per heavy atom. The molecule has 33 heavy (non-hydrogen) atoms. The van der Waals surface area contributed by atoms with E-state index >= 15 is 0 Å².